The molecule has 0 bridgehead atoms. The smallest absolute Gasteiger partial charge is 0.320 e. The minimum Gasteiger partial charge on any atom is -0.468 e. The molecule has 1 unspecified atom stereocenters. The van der Waals surface area contributed by atoms with Gasteiger partial charge in [-0.2, -0.15) is 0 Å². The molecule has 0 N–H and O–H groups in total. The molecule has 0 heterocycles. The van der Waals surface area contributed by atoms with Crippen LogP contribution >= 0.6 is 15.9 Å². The maximum absolute atomic E-state index is 11.1. The summed E-state index contributed by atoms with van der Waals surface area (Å²) >= 11 is 3.26. The van der Waals surface area contributed by atoms with Crippen LogP contribution in [-0.2, 0) is 14.3 Å². The molecule has 0 amide bonds. The van der Waals surface area contributed by atoms with Crippen LogP contribution in [0.25, 0.3) is 0 Å². The third kappa shape index (κ3) is 6.34. The Balaban J connectivity index is 3.59. The van der Waals surface area contributed by atoms with Crippen LogP contribution in [0, 0.1) is 0 Å². The Morgan fingerprint density at radius 2 is 2.21 bits per heavy atom. The van der Waals surface area contributed by atoms with Gasteiger partial charge in [0.15, 0.2) is 0 Å². The fourth-order valence-corrected chi connectivity index (χ4v) is 1.61. The molecule has 0 spiro atoms. The predicted octanol–water partition coefficient (Wildman–Crippen LogP) is 0.891. The number of nitrogens with zero attached hydrogens (tertiary/aromatic N) is 1. The third-order valence-electron chi connectivity index (χ3n) is 1.75. The molecular formula is C9H18BrNO3. The van der Waals surface area contributed by atoms with Crippen molar-refractivity contribution < 1.29 is 14.3 Å². The molecule has 5 heteroatoms. The van der Waals surface area contributed by atoms with Gasteiger partial charge in [0, 0.05) is 19.7 Å². The second-order valence-corrected chi connectivity index (χ2v) is 4.06. The quantitative estimate of drug-likeness (QED) is 0.390. The Morgan fingerprint density at radius 3 is 2.71 bits per heavy atom. The van der Waals surface area contributed by atoms with Crippen LogP contribution < -0.4 is 0 Å². The van der Waals surface area contributed by atoms with Crippen molar-refractivity contribution in [2.24, 2.45) is 0 Å². The highest BCUT2D eigenvalue weighted by Crippen LogP contribution is 2.03. The van der Waals surface area contributed by atoms with E-state index in [1.807, 2.05) is 18.9 Å². The molecule has 14 heavy (non-hydrogen) atoms. The van der Waals surface area contributed by atoms with Crippen molar-refractivity contribution in [3.63, 3.8) is 0 Å². The number of carbonyl (C=O) groups excluding carboxylic acids is 1. The van der Waals surface area contributed by atoms with Gasteiger partial charge < -0.3 is 14.4 Å². The van der Waals surface area contributed by atoms with Gasteiger partial charge in [-0.15, -0.1) is 0 Å². The van der Waals surface area contributed by atoms with Crippen molar-refractivity contribution in [2.45, 2.75) is 11.8 Å². The Morgan fingerprint density at radius 1 is 1.57 bits per heavy atom. The van der Waals surface area contributed by atoms with Crippen LogP contribution in [0.1, 0.15) is 6.92 Å². The topological polar surface area (TPSA) is 38.8 Å². The molecule has 84 valence electrons. The van der Waals surface area contributed by atoms with Crippen molar-refractivity contribution in [3.05, 3.63) is 0 Å². The van der Waals surface area contributed by atoms with Gasteiger partial charge in [-0.3, -0.25) is 4.79 Å². The fourth-order valence-electron chi connectivity index (χ4n) is 0.932. The fraction of sp³-hybridized carbons (Fsp3) is 0.889. The van der Waals surface area contributed by atoms with E-state index in [1.165, 1.54) is 7.11 Å². The highest BCUT2D eigenvalue weighted by Gasteiger charge is 2.16. The van der Waals surface area contributed by atoms with E-state index in [0.29, 0.717) is 13.2 Å². The lowest BCUT2D eigenvalue weighted by molar-refractivity contribution is -0.140. The largest absolute Gasteiger partial charge is 0.468 e. The molecule has 0 saturated carbocycles. The zero-order valence-corrected chi connectivity index (χ0v) is 10.5. The average Bonchev–Trinajstić information content (AvgIpc) is 2.16. The molecule has 0 saturated heterocycles. The number of hydrogen-bond donors (Lipinski definition) is 0. The number of likely N-dealkylation sites (N-methyl/N-ethyl adjacent to an activating group) is 1. The van der Waals surface area contributed by atoms with Gasteiger partial charge in [-0.25, -0.2) is 0 Å². The summed E-state index contributed by atoms with van der Waals surface area (Å²) in [6.07, 6.45) is 0. The first-order valence-electron chi connectivity index (χ1n) is 4.60. The molecule has 1 atom stereocenters. The summed E-state index contributed by atoms with van der Waals surface area (Å²) in [6, 6.07) is 0. The number of carbonyl (C=O) groups is 1. The number of ether oxygens (including phenoxy) is 2. The van der Waals surface area contributed by atoms with Crippen LogP contribution in [0.2, 0.25) is 0 Å². The van der Waals surface area contributed by atoms with E-state index in [1.54, 1.807) is 0 Å². The van der Waals surface area contributed by atoms with E-state index in [9.17, 15) is 4.79 Å². The van der Waals surface area contributed by atoms with Gasteiger partial charge in [0.1, 0.15) is 4.83 Å². The summed E-state index contributed by atoms with van der Waals surface area (Å²) in [5, 5.41) is 0. The zero-order chi connectivity index (χ0) is 11.0. The Labute approximate surface area is 93.7 Å². The van der Waals surface area contributed by atoms with E-state index in [4.69, 9.17) is 4.74 Å². The maximum atomic E-state index is 11.1. The minimum atomic E-state index is -0.265. The summed E-state index contributed by atoms with van der Waals surface area (Å²) in [7, 11) is 3.33. The minimum absolute atomic E-state index is 0.242. The van der Waals surface area contributed by atoms with Crippen molar-refractivity contribution >= 4 is 21.9 Å². The molecular weight excluding hydrogens is 250 g/mol. The zero-order valence-electron chi connectivity index (χ0n) is 8.96. The first-order valence-corrected chi connectivity index (χ1v) is 5.51. The SMILES string of the molecule is CCOCCN(C)CC(Br)C(=O)OC. The summed E-state index contributed by atoms with van der Waals surface area (Å²) in [4.78, 5) is 12.8. The van der Waals surface area contributed by atoms with E-state index in [0.717, 1.165) is 13.2 Å². The summed E-state index contributed by atoms with van der Waals surface area (Å²) in [6.45, 7) is 4.81. The summed E-state index contributed by atoms with van der Waals surface area (Å²) in [5.41, 5.74) is 0. The van der Waals surface area contributed by atoms with Gasteiger partial charge in [0.2, 0.25) is 0 Å². The first kappa shape index (κ1) is 13.9. The second kappa shape index (κ2) is 8.20. The van der Waals surface area contributed by atoms with Crippen LogP contribution in [0.15, 0.2) is 0 Å². The van der Waals surface area contributed by atoms with Gasteiger partial charge >= 0.3 is 5.97 Å². The van der Waals surface area contributed by atoms with Gasteiger partial charge in [-0.05, 0) is 14.0 Å². The van der Waals surface area contributed by atoms with Crippen LogP contribution in [-0.4, -0.2) is 56.2 Å². The van der Waals surface area contributed by atoms with E-state index < -0.39 is 0 Å². The van der Waals surface area contributed by atoms with E-state index >= 15 is 0 Å². The second-order valence-electron chi connectivity index (χ2n) is 2.95. The van der Waals surface area contributed by atoms with E-state index in [2.05, 4.69) is 20.7 Å². The lowest BCUT2D eigenvalue weighted by Crippen LogP contribution is -2.33. The molecule has 0 fully saturated rings. The van der Waals surface area contributed by atoms with Crippen molar-refractivity contribution in [1.82, 2.24) is 4.90 Å². The first-order chi connectivity index (χ1) is 6.61. The molecule has 4 nitrogen and oxygen atoms in total. The van der Waals surface area contributed by atoms with Crippen LogP contribution in [0.5, 0.6) is 0 Å². The van der Waals surface area contributed by atoms with Gasteiger partial charge in [-0.1, -0.05) is 15.9 Å². The summed E-state index contributed by atoms with van der Waals surface area (Å²) < 4.78 is 9.79. The predicted molar refractivity (Wildman–Crippen MR) is 58.7 cm³/mol. The number of rotatable bonds is 7. The van der Waals surface area contributed by atoms with Crippen LogP contribution in [0.4, 0.5) is 0 Å². The van der Waals surface area contributed by atoms with E-state index in [-0.39, 0.29) is 10.8 Å². The molecule has 0 aliphatic rings. The normalized spacial score (nSPS) is 12.9. The molecule has 0 rings (SSSR count). The lowest BCUT2D eigenvalue weighted by Gasteiger charge is -2.18. The standard InChI is InChI=1S/C9H18BrNO3/c1-4-14-6-5-11(2)7-8(10)9(12)13-3/h8H,4-7H2,1-3H3. The highest BCUT2D eigenvalue weighted by atomic mass is 79.9. The summed E-state index contributed by atoms with van der Waals surface area (Å²) in [5.74, 6) is -0.242. The number of esters is 1. The molecule has 0 aromatic rings. The molecule has 0 aliphatic heterocycles. The highest BCUT2D eigenvalue weighted by molar-refractivity contribution is 9.10. The Kier molecular flexibility index (Phi) is 8.12. The molecule has 0 aromatic heterocycles. The number of hydrogen-bond acceptors (Lipinski definition) is 4. The monoisotopic (exact) mass is 267 g/mol. The van der Waals surface area contributed by atoms with Gasteiger partial charge in [0.25, 0.3) is 0 Å². The molecule has 0 radical (unpaired) electrons. The molecule has 0 aromatic carbocycles. The average molecular weight is 268 g/mol. The maximum Gasteiger partial charge on any atom is 0.320 e. The van der Waals surface area contributed by atoms with Crippen LogP contribution in [0.3, 0.4) is 0 Å². The Hall–Kier alpha value is -0.130. The van der Waals surface area contributed by atoms with Gasteiger partial charge in [0.05, 0.1) is 13.7 Å². The van der Waals surface area contributed by atoms with Crippen molar-refractivity contribution in [3.8, 4) is 0 Å². The molecule has 0 aliphatic carbocycles. The number of methoxy groups -OCH3 is 1. The number of halogens is 1. The third-order valence-corrected chi connectivity index (χ3v) is 2.41. The Bertz CT molecular complexity index is 166. The lowest BCUT2D eigenvalue weighted by atomic mass is 10.4. The van der Waals surface area contributed by atoms with Crippen molar-refractivity contribution in [1.29, 1.82) is 0 Å². The van der Waals surface area contributed by atoms with Crippen molar-refractivity contribution in [2.75, 3.05) is 40.5 Å². The number of alkyl halides is 1.